The smallest absolute Gasteiger partial charge is 0.174 e. The van der Waals surface area contributed by atoms with Crippen LogP contribution in [0, 0.1) is 0 Å². The molecule has 1 N–H and O–H groups in total. The van der Waals surface area contributed by atoms with Gasteiger partial charge in [0.2, 0.25) is 0 Å². The fourth-order valence-electron chi connectivity index (χ4n) is 1.27. The molecule has 0 atom stereocenters. The molecule has 2 aromatic rings. The fourth-order valence-corrected chi connectivity index (χ4v) is 1.45. The second-order valence-corrected chi connectivity index (χ2v) is 3.67. The summed E-state index contributed by atoms with van der Waals surface area (Å²) in [5.41, 5.74) is 0. The van der Waals surface area contributed by atoms with Gasteiger partial charge < -0.3 is 4.74 Å². The standard InChI is InChI=1S/C10H11ClN4O/c11-8-3-1-4-9(7-8)16-6-2-5-10-12-14-15-13-10/h1,3-4,7H,2,5-6H2,(H,12,13,14,15). The average molecular weight is 239 g/mol. The number of hydrogen-bond donors (Lipinski definition) is 1. The van der Waals surface area contributed by atoms with E-state index >= 15 is 0 Å². The van der Waals surface area contributed by atoms with Gasteiger partial charge in [0.05, 0.1) is 6.61 Å². The lowest BCUT2D eigenvalue weighted by molar-refractivity contribution is 0.310. The van der Waals surface area contributed by atoms with Gasteiger partial charge in [-0.3, -0.25) is 0 Å². The molecule has 0 radical (unpaired) electrons. The monoisotopic (exact) mass is 238 g/mol. The summed E-state index contributed by atoms with van der Waals surface area (Å²) < 4.78 is 5.51. The summed E-state index contributed by atoms with van der Waals surface area (Å²) in [4.78, 5) is 0. The molecule has 1 heterocycles. The zero-order valence-electron chi connectivity index (χ0n) is 8.56. The van der Waals surface area contributed by atoms with Crippen molar-refractivity contribution in [2.24, 2.45) is 0 Å². The summed E-state index contributed by atoms with van der Waals surface area (Å²) in [5, 5.41) is 14.3. The van der Waals surface area contributed by atoms with Crippen LogP contribution in [0.15, 0.2) is 24.3 Å². The molecule has 2 rings (SSSR count). The Labute approximate surface area is 97.8 Å². The Hall–Kier alpha value is -1.62. The number of rotatable bonds is 5. The van der Waals surface area contributed by atoms with Crippen LogP contribution in [0.4, 0.5) is 0 Å². The van der Waals surface area contributed by atoms with E-state index in [1.54, 1.807) is 6.07 Å². The summed E-state index contributed by atoms with van der Waals surface area (Å²) in [7, 11) is 0. The zero-order chi connectivity index (χ0) is 11.2. The summed E-state index contributed by atoms with van der Waals surface area (Å²) in [5.74, 6) is 1.48. The van der Waals surface area contributed by atoms with Crippen molar-refractivity contribution in [2.45, 2.75) is 12.8 Å². The van der Waals surface area contributed by atoms with Crippen LogP contribution < -0.4 is 4.74 Å². The first-order valence-corrected chi connectivity index (χ1v) is 5.33. The highest BCUT2D eigenvalue weighted by Gasteiger charge is 1.99. The molecule has 16 heavy (non-hydrogen) atoms. The van der Waals surface area contributed by atoms with Gasteiger partial charge in [-0.05, 0) is 24.6 Å². The van der Waals surface area contributed by atoms with E-state index in [0.717, 1.165) is 18.6 Å². The number of tetrazole rings is 1. The lowest BCUT2D eigenvalue weighted by atomic mass is 10.3. The van der Waals surface area contributed by atoms with Crippen LogP contribution >= 0.6 is 11.6 Å². The molecule has 0 amide bonds. The summed E-state index contributed by atoms with van der Waals surface area (Å²) in [6.45, 7) is 0.606. The lowest BCUT2D eigenvalue weighted by Gasteiger charge is -2.04. The first kappa shape index (κ1) is 10.9. The highest BCUT2D eigenvalue weighted by molar-refractivity contribution is 6.30. The Balaban J connectivity index is 1.72. The predicted molar refractivity (Wildman–Crippen MR) is 59.4 cm³/mol. The van der Waals surface area contributed by atoms with E-state index in [2.05, 4.69) is 20.6 Å². The predicted octanol–water partition coefficient (Wildman–Crippen LogP) is 1.86. The van der Waals surface area contributed by atoms with Gasteiger partial charge >= 0.3 is 0 Å². The fraction of sp³-hybridized carbons (Fsp3) is 0.300. The van der Waals surface area contributed by atoms with Gasteiger partial charge in [0, 0.05) is 11.4 Å². The van der Waals surface area contributed by atoms with Gasteiger partial charge in [0.1, 0.15) is 5.75 Å². The molecule has 5 nitrogen and oxygen atoms in total. The largest absolute Gasteiger partial charge is 0.494 e. The van der Waals surface area contributed by atoms with E-state index in [1.807, 2.05) is 18.2 Å². The number of H-pyrrole nitrogens is 1. The topological polar surface area (TPSA) is 63.7 Å². The number of nitrogens with zero attached hydrogens (tertiary/aromatic N) is 3. The second-order valence-electron chi connectivity index (χ2n) is 3.24. The van der Waals surface area contributed by atoms with Crippen LogP contribution in [-0.4, -0.2) is 27.2 Å². The SMILES string of the molecule is Clc1cccc(OCCCc2nn[nH]n2)c1. The third-order valence-electron chi connectivity index (χ3n) is 2.00. The van der Waals surface area contributed by atoms with E-state index in [4.69, 9.17) is 16.3 Å². The average Bonchev–Trinajstić information content (AvgIpc) is 2.77. The molecule has 0 spiro atoms. The van der Waals surface area contributed by atoms with Crippen molar-refractivity contribution in [3.8, 4) is 5.75 Å². The quantitative estimate of drug-likeness (QED) is 0.808. The summed E-state index contributed by atoms with van der Waals surface area (Å²) in [6.07, 6.45) is 1.59. The Bertz CT molecular complexity index is 432. The number of aromatic nitrogens is 4. The maximum atomic E-state index is 5.83. The second kappa shape index (κ2) is 5.46. The molecular weight excluding hydrogens is 228 g/mol. The number of aryl methyl sites for hydroxylation is 1. The minimum Gasteiger partial charge on any atom is -0.494 e. The Morgan fingerprint density at radius 3 is 3.06 bits per heavy atom. The Kier molecular flexibility index (Phi) is 3.71. The van der Waals surface area contributed by atoms with Crippen molar-refractivity contribution in [3.05, 3.63) is 35.1 Å². The maximum Gasteiger partial charge on any atom is 0.174 e. The van der Waals surface area contributed by atoms with Gasteiger partial charge in [-0.15, -0.1) is 10.2 Å². The number of aromatic amines is 1. The first-order chi connectivity index (χ1) is 7.84. The van der Waals surface area contributed by atoms with E-state index in [-0.39, 0.29) is 0 Å². The van der Waals surface area contributed by atoms with Gasteiger partial charge in [-0.2, -0.15) is 5.21 Å². The summed E-state index contributed by atoms with van der Waals surface area (Å²) in [6, 6.07) is 7.33. The van der Waals surface area contributed by atoms with Crippen LogP contribution in [-0.2, 0) is 6.42 Å². The van der Waals surface area contributed by atoms with Gasteiger partial charge in [0.15, 0.2) is 5.82 Å². The zero-order valence-corrected chi connectivity index (χ0v) is 9.31. The summed E-state index contributed by atoms with van der Waals surface area (Å²) >= 11 is 5.83. The molecule has 0 saturated carbocycles. The molecule has 0 saturated heterocycles. The highest BCUT2D eigenvalue weighted by Crippen LogP contribution is 2.17. The molecule has 1 aromatic carbocycles. The molecule has 0 bridgehead atoms. The molecule has 0 unspecified atom stereocenters. The van der Waals surface area contributed by atoms with E-state index in [1.165, 1.54) is 0 Å². The molecular formula is C10H11ClN4O. The van der Waals surface area contributed by atoms with Crippen LogP contribution in [0.2, 0.25) is 5.02 Å². The van der Waals surface area contributed by atoms with Crippen LogP contribution in [0.5, 0.6) is 5.75 Å². The molecule has 6 heteroatoms. The molecule has 84 valence electrons. The Morgan fingerprint density at radius 2 is 2.31 bits per heavy atom. The van der Waals surface area contributed by atoms with Crippen molar-refractivity contribution in [2.75, 3.05) is 6.61 Å². The van der Waals surface area contributed by atoms with Crippen molar-refractivity contribution < 1.29 is 4.74 Å². The number of hydrogen-bond acceptors (Lipinski definition) is 4. The highest BCUT2D eigenvalue weighted by atomic mass is 35.5. The normalized spacial score (nSPS) is 10.3. The third-order valence-corrected chi connectivity index (χ3v) is 2.23. The molecule has 0 fully saturated rings. The molecule has 1 aromatic heterocycles. The third kappa shape index (κ3) is 3.20. The first-order valence-electron chi connectivity index (χ1n) is 4.95. The lowest BCUT2D eigenvalue weighted by Crippen LogP contribution is -2.00. The van der Waals surface area contributed by atoms with Crippen molar-refractivity contribution in [3.63, 3.8) is 0 Å². The number of benzene rings is 1. The molecule has 0 aliphatic carbocycles. The molecule has 0 aliphatic rings. The Morgan fingerprint density at radius 1 is 1.38 bits per heavy atom. The van der Waals surface area contributed by atoms with E-state index < -0.39 is 0 Å². The van der Waals surface area contributed by atoms with E-state index in [9.17, 15) is 0 Å². The van der Waals surface area contributed by atoms with Gasteiger partial charge in [-0.25, -0.2) is 0 Å². The number of ether oxygens (including phenoxy) is 1. The van der Waals surface area contributed by atoms with Crippen LogP contribution in [0.1, 0.15) is 12.2 Å². The van der Waals surface area contributed by atoms with Crippen molar-refractivity contribution >= 4 is 11.6 Å². The van der Waals surface area contributed by atoms with Gasteiger partial charge in [0.25, 0.3) is 0 Å². The van der Waals surface area contributed by atoms with Crippen molar-refractivity contribution in [1.82, 2.24) is 20.6 Å². The van der Waals surface area contributed by atoms with Gasteiger partial charge in [-0.1, -0.05) is 22.9 Å². The van der Waals surface area contributed by atoms with Crippen molar-refractivity contribution in [1.29, 1.82) is 0 Å². The van der Waals surface area contributed by atoms with E-state index in [0.29, 0.717) is 17.5 Å². The minimum atomic E-state index is 0.606. The number of nitrogens with one attached hydrogen (secondary N) is 1. The van der Waals surface area contributed by atoms with Crippen LogP contribution in [0.3, 0.4) is 0 Å². The molecule has 0 aliphatic heterocycles. The maximum absolute atomic E-state index is 5.83. The number of halogens is 1. The minimum absolute atomic E-state index is 0.606. The van der Waals surface area contributed by atoms with Crippen LogP contribution in [0.25, 0.3) is 0 Å².